The lowest BCUT2D eigenvalue weighted by molar-refractivity contribution is 0.0796. The molecule has 1 N–H and O–H groups in total. The number of aryl methyl sites for hydroxylation is 1. The molecule has 5 heteroatoms. The van der Waals surface area contributed by atoms with Crippen molar-refractivity contribution in [3.05, 3.63) is 94.8 Å². The molecule has 0 aliphatic rings. The van der Waals surface area contributed by atoms with Gasteiger partial charge in [-0.15, -0.1) is 0 Å². The molecule has 1 heterocycles. The summed E-state index contributed by atoms with van der Waals surface area (Å²) in [7, 11) is 1.77. The molecule has 0 bridgehead atoms. The van der Waals surface area contributed by atoms with Crippen molar-refractivity contribution in [3.8, 4) is 0 Å². The molecule has 2 aromatic carbocycles. The summed E-state index contributed by atoms with van der Waals surface area (Å²) in [5.41, 5.74) is 5.00. The monoisotopic (exact) mass is 387 g/mol. The predicted octanol–water partition coefficient (Wildman–Crippen LogP) is 4.27. The number of anilines is 1. The first-order valence-electron chi connectivity index (χ1n) is 9.57. The van der Waals surface area contributed by atoms with Gasteiger partial charge in [0.05, 0.1) is 0 Å². The first-order chi connectivity index (χ1) is 14.0. The van der Waals surface area contributed by atoms with Crippen LogP contribution in [-0.4, -0.2) is 35.3 Å². The second-order valence-corrected chi connectivity index (χ2v) is 7.11. The molecule has 2 amide bonds. The molecule has 3 aromatic rings. The fraction of sp³-hybridized carbons (Fsp3) is 0.208. The number of carbonyl (C=O) groups excluding carboxylic acids is 2. The molecule has 0 fully saturated rings. The second kappa shape index (κ2) is 9.15. The second-order valence-electron chi connectivity index (χ2n) is 7.11. The molecule has 0 saturated carbocycles. The van der Waals surface area contributed by atoms with E-state index in [0.29, 0.717) is 17.7 Å². The van der Waals surface area contributed by atoms with Crippen molar-refractivity contribution in [2.45, 2.75) is 20.3 Å². The molecular weight excluding hydrogens is 362 g/mol. The van der Waals surface area contributed by atoms with E-state index in [1.54, 1.807) is 48.6 Å². The fourth-order valence-corrected chi connectivity index (χ4v) is 3.04. The maximum atomic E-state index is 12.8. The number of nitrogens with one attached hydrogen (secondary N) is 1. The number of aromatic nitrogens is 1. The van der Waals surface area contributed by atoms with Gasteiger partial charge in [-0.25, -0.2) is 0 Å². The summed E-state index contributed by atoms with van der Waals surface area (Å²) >= 11 is 0. The Balaban J connectivity index is 1.68. The number of benzene rings is 2. The van der Waals surface area contributed by atoms with Crippen molar-refractivity contribution in [1.29, 1.82) is 0 Å². The standard InChI is InChI=1S/C24H25N3O2/c1-17-6-4-9-22(18(17)2)26-23(28)20-7-5-8-21(16-20)24(29)27(3)15-12-19-10-13-25-14-11-19/h4-11,13-14,16H,12,15H2,1-3H3,(H,26,28). The highest BCUT2D eigenvalue weighted by Gasteiger charge is 2.15. The van der Waals surface area contributed by atoms with E-state index in [2.05, 4.69) is 10.3 Å². The van der Waals surface area contributed by atoms with E-state index in [1.165, 1.54) is 0 Å². The van der Waals surface area contributed by atoms with Crippen LogP contribution in [-0.2, 0) is 6.42 Å². The summed E-state index contributed by atoms with van der Waals surface area (Å²) in [6, 6.07) is 16.5. The fourth-order valence-electron chi connectivity index (χ4n) is 3.04. The minimum absolute atomic E-state index is 0.111. The number of carbonyl (C=O) groups is 2. The SMILES string of the molecule is Cc1cccc(NC(=O)c2cccc(C(=O)N(C)CCc3ccncc3)c2)c1C. The molecule has 0 saturated heterocycles. The van der Waals surface area contributed by atoms with Crippen molar-refractivity contribution in [2.75, 3.05) is 18.9 Å². The highest BCUT2D eigenvalue weighted by molar-refractivity contribution is 6.06. The number of likely N-dealkylation sites (N-methyl/N-ethyl adjacent to an activating group) is 1. The van der Waals surface area contributed by atoms with Crippen LogP contribution < -0.4 is 5.32 Å². The van der Waals surface area contributed by atoms with Crippen molar-refractivity contribution >= 4 is 17.5 Å². The van der Waals surface area contributed by atoms with E-state index in [-0.39, 0.29) is 11.8 Å². The van der Waals surface area contributed by atoms with Gasteiger partial charge in [-0.3, -0.25) is 14.6 Å². The Bertz CT molecular complexity index is 1020. The maximum absolute atomic E-state index is 12.8. The van der Waals surface area contributed by atoms with Crippen LogP contribution in [0, 0.1) is 13.8 Å². The molecule has 0 aliphatic carbocycles. The molecule has 148 valence electrons. The third-order valence-corrected chi connectivity index (χ3v) is 5.06. The van der Waals surface area contributed by atoms with E-state index >= 15 is 0 Å². The average molecular weight is 387 g/mol. The van der Waals surface area contributed by atoms with E-state index in [4.69, 9.17) is 0 Å². The highest BCUT2D eigenvalue weighted by Crippen LogP contribution is 2.19. The van der Waals surface area contributed by atoms with Gasteiger partial charge in [0.2, 0.25) is 0 Å². The van der Waals surface area contributed by atoms with Crippen LogP contribution in [0.3, 0.4) is 0 Å². The Labute approximate surface area is 171 Å². The first kappa shape index (κ1) is 20.3. The van der Waals surface area contributed by atoms with Gasteiger partial charge < -0.3 is 10.2 Å². The van der Waals surface area contributed by atoms with Crippen molar-refractivity contribution in [3.63, 3.8) is 0 Å². The Kier molecular flexibility index (Phi) is 6.39. The molecular formula is C24H25N3O2. The molecule has 0 spiro atoms. The van der Waals surface area contributed by atoms with Crippen LogP contribution in [0.1, 0.15) is 37.4 Å². The van der Waals surface area contributed by atoms with Gasteiger partial charge >= 0.3 is 0 Å². The lowest BCUT2D eigenvalue weighted by Gasteiger charge is -2.18. The van der Waals surface area contributed by atoms with Gasteiger partial charge in [0.1, 0.15) is 0 Å². The summed E-state index contributed by atoms with van der Waals surface area (Å²) in [4.78, 5) is 31.1. The Morgan fingerprint density at radius 2 is 1.66 bits per heavy atom. The van der Waals surface area contributed by atoms with Crippen LogP contribution in [0.2, 0.25) is 0 Å². The molecule has 5 nitrogen and oxygen atoms in total. The zero-order valence-corrected chi connectivity index (χ0v) is 17.0. The summed E-state index contributed by atoms with van der Waals surface area (Å²) in [5, 5.41) is 2.94. The van der Waals surface area contributed by atoms with Gasteiger partial charge in [-0.1, -0.05) is 18.2 Å². The number of hydrogen-bond acceptors (Lipinski definition) is 3. The third-order valence-electron chi connectivity index (χ3n) is 5.06. The lowest BCUT2D eigenvalue weighted by Crippen LogP contribution is -2.29. The molecule has 0 radical (unpaired) electrons. The van der Waals surface area contributed by atoms with Crippen molar-refractivity contribution < 1.29 is 9.59 Å². The summed E-state index contributed by atoms with van der Waals surface area (Å²) < 4.78 is 0. The molecule has 0 atom stereocenters. The maximum Gasteiger partial charge on any atom is 0.255 e. The van der Waals surface area contributed by atoms with Gasteiger partial charge in [0.15, 0.2) is 0 Å². The summed E-state index contributed by atoms with van der Waals surface area (Å²) in [6.45, 7) is 4.57. The summed E-state index contributed by atoms with van der Waals surface area (Å²) in [5.74, 6) is -0.340. The van der Waals surface area contributed by atoms with Crippen molar-refractivity contribution in [1.82, 2.24) is 9.88 Å². The van der Waals surface area contributed by atoms with Gasteiger partial charge in [-0.05, 0) is 73.4 Å². The van der Waals surface area contributed by atoms with Crippen LogP contribution in [0.4, 0.5) is 5.69 Å². The van der Waals surface area contributed by atoms with E-state index in [1.807, 2.05) is 44.2 Å². The third kappa shape index (κ3) is 5.08. The van der Waals surface area contributed by atoms with Gasteiger partial charge in [0, 0.05) is 42.8 Å². The number of rotatable bonds is 6. The quantitative estimate of drug-likeness (QED) is 0.687. The summed E-state index contributed by atoms with van der Waals surface area (Å²) in [6.07, 6.45) is 4.24. The number of nitrogens with zero attached hydrogens (tertiary/aromatic N) is 2. The van der Waals surface area contributed by atoms with Gasteiger partial charge in [-0.2, -0.15) is 0 Å². The minimum atomic E-state index is -0.229. The van der Waals surface area contributed by atoms with E-state index in [9.17, 15) is 9.59 Å². The van der Waals surface area contributed by atoms with Crippen LogP contribution >= 0.6 is 0 Å². The molecule has 1 aromatic heterocycles. The zero-order valence-electron chi connectivity index (χ0n) is 17.0. The minimum Gasteiger partial charge on any atom is -0.341 e. The zero-order chi connectivity index (χ0) is 20.8. The van der Waals surface area contributed by atoms with Crippen LogP contribution in [0.25, 0.3) is 0 Å². The van der Waals surface area contributed by atoms with Gasteiger partial charge in [0.25, 0.3) is 11.8 Å². The first-order valence-corrected chi connectivity index (χ1v) is 9.57. The van der Waals surface area contributed by atoms with Crippen LogP contribution in [0.15, 0.2) is 67.0 Å². The highest BCUT2D eigenvalue weighted by atomic mass is 16.2. The van der Waals surface area contributed by atoms with Crippen molar-refractivity contribution in [2.24, 2.45) is 0 Å². The van der Waals surface area contributed by atoms with E-state index in [0.717, 1.165) is 28.8 Å². The largest absolute Gasteiger partial charge is 0.341 e. The molecule has 3 rings (SSSR count). The lowest BCUT2D eigenvalue weighted by atomic mass is 10.1. The normalized spacial score (nSPS) is 10.4. The smallest absolute Gasteiger partial charge is 0.255 e. The average Bonchev–Trinajstić information content (AvgIpc) is 2.75. The molecule has 29 heavy (non-hydrogen) atoms. The Morgan fingerprint density at radius 1 is 0.966 bits per heavy atom. The topological polar surface area (TPSA) is 62.3 Å². The predicted molar refractivity (Wildman–Crippen MR) is 115 cm³/mol. The molecule has 0 aliphatic heterocycles. The molecule has 0 unspecified atom stereocenters. The van der Waals surface area contributed by atoms with E-state index < -0.39 is 0 Å². The Hall–Kier alpha value is -3.47. The number of hydrogen-bond donors (Lipinski definition) is 1. The van der Waals surface area contributed by atoms with Crippen LogP contribution in [0.5, 0.6) is 0 Å². The number of pyridine rings is 1. The number of amides is 2. The Morgan fingerprint density at radius 3 is 2.41 bits per heavy atom.